The quantitative estimate of drug-likeness (QED) is 0.729. The maximum absolute atomic E-state index is 12.4. The highest BCUT2D eigenvalue weighted by Gasteiger charge is 2.24. The van der Waals surface area contributed by atoms with Crippen molar-refractivity contribution < 1.29 is 9.59 Å². The van der Waals surface area contributed by atoms with Gasteiger partial charge in [-0.15, -0.1) is 0 Å². The molecular formula is C19H22N4O2S. The first kappa shape index (κ1) is 18.3. The van der Waals surface area contributed by atoms with E-state index < -0.39 is 6.03 Å². The highest BCUT2D eigenvalue weighted by atomic mass is 32.2. The summed E-state index contributed by atoms with van der Waals surface area (Å²) in [5.74, 6) is -0.0640. The van der Waals surface area contributed by atoms with Crippen LogP contribution in [0.25, 0.3) is 0 Å². The number of rotatable bonds is 6. The number of nitrogens with two attached hydrogens (primary N) is 1. The number of carbonyl (C=O) groups is 2. The molecule has 3 rings (SSSR count). The number of carbonyl (C=O) groups excluding carboxylic acids is 2. The topological polar surface area (TPSA) is 87.5 Å². The average Bonchev–Trinajstić information content (AvgIpc) is 3.03. The van der Waals surface area contributed by atoms with Gasteiger partial charge in [-0.25, -0.2) is 4.79 Å². The van der Waals surface area contributed by atoms with Crippen molar-refractivity contribution in [1.82, 2.24) is 10.2 Å². The molecular weight excluding hydrogens is 348 g/mol. The Bertz CT molecular complexity index is 769. The van der Waals surface area contributed by atoms with Gasteiger partial charge in [-0.3, -0.25) is 9.69 Å². The molecule has 26 heavy (non-hydrogen) atoms. The summed E-state index contributed by atoms with van der Waals surface area (Å²) in [6, 6.07) is 17.3. The Morgan fingerprint density at radius 2 is 1.85 bits per heavy atom. The van der Waals surface area contributed by atoms with Crippen LogP contribution in [0.5, 0.6) is 0 Å². The lowest BCUT2D eigenvalue weighted by molar-refractivity contribution is -0.117. The summed E-state index contributed by atoms with van der Waals surface area (Å²) in [6.07, 6.45) is 0.802. The first-order chi connectivity index (χ1) is 12.6. The molecule has 0 spiro atoms. The summed E-state index contributed by atoms with van der Waals surface area (Å²) < 4.78 is 0. The zero-order valence-electron chi connectivity index (χ0n) is 14.4. The molecule has 1 aliphatic heterocycles. The number of primary amides is 1. The second-order valence-electron chi connectivity index (χ2n) is 6.19. The Hall–Kier alpha value is -2.51. The van der Waals surface area contributed by atoms with Crippen LogP contribution >= 0.6 is 11.8 Å². The van der Waals surface area contributed by atoms with Gasteiger partial charge in [0.15, 0.2) is 0 Å². The molecule has 1 aliphatic rings. The number of urea groups is 1. The van der Waals surface area contributed by atoms with Crippen LogP contribution in [-0.2, 0) is 4.79 Å². The predicted molar refractivity (Wildman–Crippen MR) is 103 cm³/mol. The molecule has 2 aromatic carbocycles. The smallest absolute Gasteiger partial charge is 0.312 e. The van der Waals surface area contributed by atoms with Crippen molar-refractivity contribution in [1.29, 1.82) is 0 Å². The zero-order chi connectivity index (χ0) is 18.4. The normalized spacial score (nSPS) is 17.0. The number of hydrogen-bond donors (Lipinski definition) is 3. The summed E-state index contributed by atoms with van der Waals surface area (Å²) in [5, 5.41) is 5.69. The van der Waals surface area contributed by atoms with Gasteiger partial charge in [-0.1, -0.05) is 42.1 Å². The highest BCUT2D eigenvalue weighted by Crippen LogP contribution is 2.33. The number of nitrogens with one attached hydrogen (secondary N) is 2. The van der Waals surface area contributed by atoms with E-state index in [2.05, 4.69) is 10.6 Å². The fourth-order valence-electron chi connectivity index (χ4n) is 2.96. The Morgan fingerprint density at radius 3 is 2.62 bits per heavy atom. The number of nitrogens with zero attached hydrogens (tertiary/aromatic N) is 1. The van der Waals surface area contributed by atoms with E-state index in [0.29, 0.717) is 13.1 Å². The van der Waals surface area contributed by atoms with Crippen LogP contribution in [0.4, 0.5) is 10.5 Å². The maximum atomic E-state index is 12.4. The van der Waals surface area contributed by atoms with Gasteiger partial charge in [-0.2, -0.15) is 0 Å². The van der Waals surface area contributed by atoms with E-state index in [1.54, 1.807) is 11.8 Å². The van der Waals surface area contributed by atoms with E-state index in [0.717, 1.165) is 28.4 Å². The van der Waals surface area contributed by atoms with Crippen molar-refractivity contribution in [2.24, 2.45) is 5.73 Å². The number of benzene rings is 2. The lowest BCUT2D eigenvalue weighted by atomic mass is 10.3. The zero-order valence-corrected chi connectivity index (χ0v) is 15.2. The molecule has 0 unspecified atom stereocenters. The van der Waals surface area contributed by atoms with Crippen molar-refractivity contribution in [3.05, 3.63) is 54.6 Å². The molecule has 0 radical (unpaired) electrons. The van der Waals surface area contributed by atoms with Crippen LogP contribution in [-0.4, -0.2) is 42.5 Å². The maximum Gasteiger partial charge on any atom is 0.312 e. The molecule has 1 heterocycles. The SMILES string of the molecule is NC(=O)N[C@H]1CCN(CC(=O)Nc2ccccc2Sc2ccccc2)C1. The van der Waals surface area contributed by atoms with Gasteiger partial charge in [-0.05, 0) is 30.7 Å². The van der Waals surface area contributed by atoms with Gasteiger partial charge in [0.05, 0.1) is 12.2 Å². The number of hydrogen-bond acceptors (Lipinski definition) is 4. The summed E-state index contributed by atoms with van der Waals surface area (Å²) in [6.45, 7) is 1.69. The number of likely N-dealkylation sites (tertiary alicyclic amines) is 1. The molecule has 0 aliphatic carbocycles. The molecule has 0 aromatic heterocycles. The van der Waals surface area contributed by atoms with Crippen molar-refractivity contribution in [2.45, 2.75) is 22.3 Å². The second-order valence-corrected chi connectivity index (χ2v) is 7.30. The van der Waals surface area contributed by atoms with E-state index in [-0.39, 0.29) is 11.9 Å². The van der Waals surface area contributed by atoms with Gasteiger partial charge >= 0.3 is 6.03 Å². The first-order valence-electron chi connectivity index (χ1n) is 8.50. The first-order valence-corrected chi connectivity index (χ1v) is 9.32. The largest absolute Gasteiger partial charge is 0.352 e. The minimum atomic E-state index is -0.520. The third-order valence-corrected chi connectivity index (χ3v) is 5.20. The van der Waals surface area contributed by atoms with Crippen LogP contribution in [0.1, 0.15) is 6.42 Å². The van der Waals surface area contributed by atoms with Gasteiger partial charge in [0.1, 0.15) is 0 Å². The molecule has 4 N–H and O–H groups in total. The van der Waals surface area contributed by atoms with E-state index in [1.165, 1.54) is 0 Å². The molecule has 1 atom stereocenters. The number of para-hydroxylation sites is 1. The minimum Gasteiger partial charge on any atom is -0.352 e. The second kappa shape index (κ2) is 8.73. The molecule has 3 amide bonds. The monoisotopic (exact) mass is 370 g/mol. The van der Waals surface area contributed by atoms with Crippen molar-refractivity contribution >= 4 is 29.4 Å². The average molecular weight is 370 g/mol. The molecule has 1 saturated heterocycles. The van der Waals surface area contributed by atoms with Crippen LogP contribution in [0, 0.1) is 0 Å². The van der Waals surface area contributed by atoms with Crippen molar-refractivity contribution in [3.63, 3.8) is 0 Å². The minimum absolute atomic E-state index is 0.0150. The summed E-state index contributed by atoms with van der Waals surface area (Å²) in [5.41, 5.74) is 5.95. The number of anilines is 1. The third-order valence-electron chi connectivity index (χ3n) is 4.12. The van der Waals surface area contributed by atoms with Gasteiger partial charge in [0.25, 0.3) is 0 Å². The highest BCUT2D eigenvalue weighted by molar-refractivity contribution is 7.99. The molecule has 2 aromatic rings. The van der Waals surface area contributed by atoms with E-state index >= 15 is 0 Å². The van der Waals surface area contributed by atoms with E-state index in [1.807, 2.05) is 59.5 Å². The molecule has 136 valence electrons. The lowest BCUT2D eigenvalue weighted by Gasteiger charge is -2.17. The van der Waals surface area contributed by atoms with Crippen LogP contribution in [0.15, 0.2) is 64.4 Å². The Balaban J connectivity index is 1.57. The number of amides is 3. The molecule has 0 bridgehead atoms. The Labute approximate surface area is 157 Å². The summed E-state index contributed by atoms with van der Waals surface area (Å²) in [4.78, 5) is 27.5. The van der Waals surface area contributed by atoms with Crippen LogP contribution in [0.3, 0.4) is 0 Å². The predicted octanol–water partition coefficient (Wildman–Crippen LogP) is 2.52. The summed E-state index contributed by atoms with van der Waals surface area (Å²) >= 11 is 1.62. The fourth-order valence-corrected chi connectivity index (χ4v) is 3.89. The molecule has 6 nitrogen and oxygen atoms in total. The lowest BCUT2D eigenvalue weighted by Crippen LogP contribution is -2.41. The third kappa shape index (κ3) is 5.24. The van der Waals surface area contributed by atoms with Gasteiger partial charge in [0, 0.05) is 28.9 Å². The van der Waals surface area contributed by atoms with Gasteiger partial charge < -0.3 is 16.4 Å². The fraction of sp³-hybridized carbons (Fsp3) is 0.263. The van der Waals surface area contributed by atoms with Crippen LogP contribution in [0.2, 0.25) is 0 Å². The van der Waals surface area contributed by atoms with E-state index in [9.17, 15) is 9.59 Å². The standard InChI is InChI=1S/C19H22N4O2S/c20-19(25)21-14-10-11-23(12-14)13-18(24)22-16-8-4-5-9-17(16)26-15-6-2-1-3-7-15/h1-9,14H,10-13H2,(H,22,24)(H3,20,21,25)/t14-/m0/s1. The van der Waals surface area contributed by atoms with Crippen LogP contribution < -0.4 is 16.4 Å². The summed E-state index contributed by atoms with van der Waals surface area (Å²) in [7, 11) is 0. The van der Waals surface area contributed by atoms with Gasteiger partial charge in [0.2, 0.25) is 5.91 Å². The van der Waals surface area contributed by atoms with Crippen molar-refractivity contribution in [3.8, 4) is 0 Å². The molecule has 0 saturated carbocycles. The van der Waals surface area contributed by atoms with E-state index in [4.69, 9.17) is 5.73 Å². The van der Waals surface area contributed by atoms with Crippen molar-refractivity contribution in [2.75, 3.05) is 25.0 Å². The Kier molecular flexibility index (Phi) is 6.14. The Morgan fingerprint density at radius 1 is 1.12 bits per heavy atom. The molecule has 7 heteroatoms. The molecule has 1 fully saturated rings.